The van der Waals surface area contributed by atoms with Gasteiger partial charge in [0.1, 0.15) is 5.70 Å². The van der Waals surface area contributed by atoms with E-state index in [-0.39, 0.29) is 46.8 Å². The van der Waals surface area contributed by atoms with Crippen molar-refractivity contribution in [2.75, 3.05) is 6.54 Å². The summed E-state index contributed by atoms with van der Waals surface area (Å²) in [5, 5.41) is 34.7. The Morgan fingerprint density at radius 3 is 2.47 bits per heavy atom. The van der Waals surface area contributed by atoms with Gasteiger partial charge in [0.25, 0.3) is 0 Å². The van der Waals surface area contributed by atoms with Gasteiger partial charge in [-0.05, 0) is 31.0 Å². The third-order valence-corrected chi connectivity index (χ3v) is 8.19. The lowest BCUT2D eigenvalue weighted by molar-refractivity contribution is -0.163. The number of carbonyl (C=O) groups is 4. The predicted octanol–water partition coefficient (Wildman–Crippen LogP) is 0.618. The van der Waals surface area contributed by atoms with Gasteiger partial charge in [-0.25, -0.2) is 9.59 Å². The van der Waals surface area contributed by atoms with Gasteiger partial charge >= 0.3 is 11.9 Å². The minimum atomic E-state index is -1.16. The van der Waals surface area contributed by atoms with Crippen molar-refractivity contribution in [3.05, 3.63) is 46.0 Å². The standard InChI is InChI=1S/C23H27N3O7S/c1-10-17-16(11(2)27)21(29)26(17)18(23(32)33)19(10)34-14-7-15(24-9-14)20(28)25-8-12-3-5-13(6-4-12)22(30)31/h3-6,10-11,14-17,24,27H,7-9H2,1-2H3,(H,25,28)(H,30,31)(H,32,33). The molecule has 0 aliphatic carbocycles. The fraction of sp³-hybridized carbons (Fsp3) is 0.478. The molecule has 11 heteroatoms. The maximum atomic E-state index is 12.6. The molecule has 3 aliphatic heterocycles. The Bertz CT molecular complexity index is 1060. The van der Waals surface area contributed by atoms with Gasteiger partial charge in [0.15, 0.2) is 0 Å². The number of aliphatic hydroxyl groups excluding tert-OH is 1. The number of carboxylic acids is 2. The van der Waals surface area contributed by atoms with Gasteiger partial charge in [-0.3, -0.25) is 9.59 Å². The number of hydrogen-bond donors (Lipinski definition) is 5. The van der Waals surface area contributed by atoms with E-state index in [0.29, 0.717) is 17.9 Å². The van der Waals surface area contributed by atoms with Gasteiger partial charge in [-0.2, -0.15) is 0 Å². The van der Waals surface area contributed by atoms with Crippen LogP contribution in [-0.4, -0.2) is 74.0 Å². The lowest BCUT2D eigenvalue weighted by atomic mass is 9.79. The molecule has 6 atom stereocenters. The predicted molar refractivity (Wildman–Crippen MR) is 123 cm³/mol. The molecule has 2 amide bonds. The van der Waals surface area contributed by atoms with Gasteiger partial charge in [0.2, 0.25) is 11.8 Å². The van der Waals surface area contributed by atoms with Crippen molar-refractivity contribution in [3.8, 4) is 0 Å². The Morgan fingerprint density at radius 2 is 1.88 bits per heavy atom. The van der Waals surface area contributed by atoms with E-state index < -0.39 is 30.0 Å². The molecule has 0 spiro atoms. The average Bonchev–Trinajstić information content (AvgIpc) is 3.34. The van der Waals surface area contributed by atoms with E-state index >= 15 is 0 Å². The monoisotopic (exact) mass is 489 g/mol. The first-order valence-corrected chi connectivity index (χ1v) is 12.0. The molecule has 34 heavy (non-hydrogen) atoms. The summed E-state index contributed by atoms with van der Waals surface area (Å²) in [5.74, 6) is -3.54. The maximum Gasteiger partial charge on any atom is 0.353 e. The van der Waals surface area contributed by atoms with Crippen LogP contribution in [0, 0.1) is 11.8 Å². The Kier molecular flexibility index (Phi) is 6.70. The number of nitrogens with one attached hydrogen (secondary N) is 2. The van der Waals surface area contributed by atoms with Crippen LogP contribution in [0.15, 0.2) is 34.9 Å². The minimum Gasteiger partial charge on any atom is -0.478 e. The van der Waals surface area contributed by atoms with E-state index in [1.54, 1.807) is 19.1 Å². The molecule has 1 aromatic carbocycles. The van der Waals surface area contributed by atoms with Crippen LogP contribution in [-0.2, 0) is 20.9 Å². The second kappa shape index (κ2) is 9.40. The van der Waals surface area contributed by atoms with Crippen LogP contribution in [0.3, 0.4) is 0 Å². The zero-order valence-corrected chi connectivity index (χ0v) is 19.5. The molecule has 0 bridgehead atoms. The van der Waals surface area contributed by atoms with Crippen LogP contribution >= 0.6 is 11.8 Å². The largest absolute Gasteiger partial charge is 0.478 e. The molecule has 1 aromatic rings. The number of β-lactam (4-membered cyclic amide) rings is 1. The number of aromatic carboxylic acids is 1. The number of carboxylic acid groups (broad SMARTS) is 2. The number of benzene rings is 1. The number of hydrogen-bond acceptors (Lipinski definition) is 7. The Balaban J connectivity index is 1.36. The van der Waals surface area contributed by atoms with E-state index in [0.717, 1.165) is 5.56 Å². The number of aliphatic hydroxyl groups is 1. The lowest BCUT2D eigenvalue weighted by Gasteiger charge is -2.46. The first kappa shape index (κ1) is 24.2. The van der Waals surface area contributed by atoms with Crippen molar-refractivity contribution in [2.24, 2.45) is 11.8 Å². The molecule has 0 saturated carbocycles. The van der Waals surface area contributed by atoms with Crippen molar-refractivity contribution in [1.82, 2.24) is 15.5 Å². The van der Waals surface area contributed by atoms with Crippen LogP contribution < -0.4 is 10.6 Å². The molecule has 2 fully saturated rings. The highest BCUT2D eigenvalue weighted by Gasteiger charge is 2.60. The number of nitrogens with zero attached hydrogens (tertiary/aromatic N) is 1. The van der Waals surface area contributed by atoms with Crippen LogP contribution in [0.25, 0.3) is 0 Å². The van der Waals surface area contributed by atoms with E-state index in [4.69, 9.17) is 5.11 Å². The van der Waals surface area contributed by atoms with Crippen molar-refractivity contribution in [1.29, 1.82) is 0 Å². The molecule has 3 heterocycles. The summed E-state index contributed by atoms with van der Waals surface area (Å²) in [6.07, 6.45) is -0.354. The van der Waals surface area contributed by atoms with Crippen molar-refractivity contribution < 1.29 is 34.5 Å². The lowest BCUT2D eigenvalue weighted by Crippen LogP contribution is -2.63. The average molecular weight is 490 g/mol. The minimum absolute atomic E-state index is 0.0119. The summed E-state index contributed by atoms with van der Waals surface area (Å²) in [7, 11) is 0. The van der Waals surface area contributed by atoms with Gasteiger partial charge in [-0.1, -0.05) is 19.1 Å². The first-order chi connectivity index (χ1) is 16.1. The highest BCUT2D eigenvalue weighted by Crippen LogP contribution is 2.51. The summed E-state index contributed by atoms with van der Waals surface area (Å²) in [6.45, 7) is 4.19. The van der Waals surface area contributed by atoms with Crippen molar-refractivity contribution in [3.63, 3.8) is 0 Å². The van der Waals surface area contributed by atoms with Gasteiger partial charge < -0.3 is 30.9 Å². The molecular formula is C23H27N3O7S. The summed E-state index contributed by atoms with van der Waals surface area (Å²) >= 11 is 1.39. The third-order valence-electron chi connectivity index (χ3n) is 6.68. The molecule has 0 radical (unpaired) electrons. The van der Waals surface area contributed by atoms with Crippen molar-refractivity contribution >= 4 is 35.5 Å². The first-order valence-electron chi connectivity index (χ1n) is 11.1. The second-order valence-corrected chi connectivity index (χ2v) is 10.3. The number of fused-ring (bicyclic) bond motifs is 1. The Labute approximate surface area is 200 Å². The fourth-order valence-electron chi connectivity index (χ4n) is 4.93. The Morgan fingerprint density at radius 1 is 1.21 bits per heavy atom. The van der Waals surface area contributed by atoms with Crippen LogP contribution in [0.4, 0.5) is 0 Å². The third kappa shape index (κ3) is 4.30. The zero-order valence-electron chi connectivity index (χ0n) is 18.7. The van der Waals surface area contributed by atoms with Gasteiger partial charge in [0.05, 0.1) is 29.7 Å². The Hall–Kier alpha value is -2.89. The number of amides is 2. The summed E-state index contributed by atoms with van der Waals surface area (Å²) in [6, 6.07) is 5.47. The molecule has 0 aromatic heterocycles. The topological polar surface area (TPSA) is 156 Å². The highest BCUT2D eigenvalue weighted by atomic mass is 32.2. The normalized spacial score (nSPS) is 29.0. The number of carbonyl (C=O) groups excluding carboxylic acids is 2. The van der Waals surface area contributed by atoms with Crippen LogP contribution in [0.5, 0.6) is 0 Å². The molecule has 3 aliphatic rings. The molecule has 10 nitrogen and oxygen atoms in total. The van der Waals surface area contributed by atoms with Crippen LogP contribution in [0.1, 0.15) is 36.2 Å². The molecule has 4 rings (SSSR count). The zero-order chi connectivity index (χ0) is 24.7. The van der Waals surface area contributed by atoms with E-state index in [1.165, 1.54) is 28.8 Å². The summed E-state index contributed by atoms with van der Waals surface area (Å²) in [5.41, 5.74) is 0.942. The smallest absolute Gasteiger partial charge is 0.353 e. The maximum absolute atomic E-state index is 12.6. The van der Waals surface area contributed by atoms with E-state index in [1.807, 2.05) is 6.92 Å². The number of thioether (sulfide) groups is 1. The molecule has 2 saturated heterocycles. The summed E-state index contributed by atoms with van der Waals surface area (Å²) < 4.78 is 0. The molecule has 5 N–H and O–H groups in total. The SMILES string of the molecule is CC(O)C1C(=O)N2C(C(=O)O)=C(SC3CNC(C(=O)NCc4ccc(C(=O)O)cc4)C3)C(C)C12. The highest BCUT2D eigenvalue weighted by molar-refractivity contribution is 8.03. The molecule has 6 unspecified atom stereocenters. The van der Waals surface area contributed by atoms with Crippen LogP contribution in [0.2, 0.25) is 0 Å². The number of aliphatic carboxylic acids is 1. The van der Waals surface area contributed by atoms with Gasteiger partial charge in [-0.15, -0.1) is 11.8 Å². The fourth-order valence-corrected chi connectivity index (χ4v) is 6.41. The van der Waals surface area contributed by atoms with Gasteiger partial charge in [0, 0.05) is 29.2 Å². The van der Waals surface area contributed by atoms with Crippen molar-refractivity contribution in [2.45, 2.75) is 50.3 Å². The number of rotatable bonds is 8. The molecular weight excluding hydrogens is 462 g/mol. The molecule has 182 valence electrons. The second-order valence-electron chi connectivity index (χ2n) is 8.93. The van der Waals surface area contributed by atoms with E-state index in [2.05, 4.69) is 10.6 Å². The summed E-state index contributed by atoms with van der Waals surface area (Å²) in [4.78, 5) is 49.9. The quantitative estimate of drug-likeness (QED) is 0.330. The van der Waals surface area contributed by atoms with E-state index in [9.17, 15) is 29.4 Å².